The van der Waals surface area contributed by atoms with Gasteiger partial charge in [-0.25, -0.2) is 4.98 Å². The van der Waals surface area contributed by atoms with Crippen molar-refractivity contribution in [3.05, 3.63) is 52.7 Å². The van der Waals surface area contributed by atoms with E-state index in [0.29, 0.717) is 22.4 Å². The first-order valence-electron chi connectivity index (χ1n) is 8.37. The Morgan fingerprint density at radius 2 is 1.86 bits per heavy atom. The zero-order chi connectivity index (χ0) is 20.9. The van der Waals surface area contributed by atoms with Crippen molar-refractivity contribution in [2.75, 3.05) is 11.9 Å². The molecule has 6 nitrogen and oxygen atoms in total. The Kier molecular flexibility index (Phi) is 6.61. The zero-order valence-corrected chi connectivity index (χ0v) is 15.6. The van der Waals surface area contributed by atoms with Crippen LogP contribution in [0.2, 0.25) is 0 Å². The van der Waals surface area contributed by atoms with E-state index < -0.39 is 12.8 Å². The van der Waals surface area contributed by atoms with Crippen molar-refractivity contribution in [2.45, 2.75) is 33.5 Å². The average molecular weight is 395 g/mol. The highest BCUT2D eigenvalue weighted by molar-refractivity contribution is 5.96. The number of anilines is 1. The first-order chi connectivity index (χ1) is 13.0. The van der Waals surface area contributed by atoms with Crippen LogP contribution in [0.4, 0.5) is 19.0 Å². The molecule has 9 heteroatoms. The highest BCUT2D eigenvalue weighted by Gasteiger charge is 2.28. The van der Waals surface area contributed by atoms with Gasteiger partial charge in [-0.15, -0.1) is 0 Å². The van der Waals surface area contributed by atoms with Crippen LogP contribution in [-0.2, 0) is 11.3 Å². The quantitative estimate of drug-likeness (QED) is 0.784. The minimum Gasteiger partial charge on any atom is -0.484 e. The van der Waals surface area contributed by atoms with Crippen molar-refractivity contribution in [1.29, 1.82) is 0 Å². The molecule has 2 rings (SSSR count). The molecule has 0 aliphatic rings. The molecule has 1 aromatic carbocycles. The Hall–Kier alpha value is -3.10. The van der Waals surface area contributed by atoms with E-state index in [-0.39, 0.29) is 29.9 Å². The number of pyridine rings is 1. The number of carbonyl (C=O) groups excluding carboxylic acids is 2. The third-order valence-corrected chi connectivity index (χ3v) is 3.60. The van der Waals surface area contributed by atoms with E-state index in [1.807, 2.05) is 0 Å². The maximum atomic E-state index is 12.4. The molecule has 150 valence electrons. The molecule has 0 aliphatic heterocycles. The molecule has 0 bridgehead atoms. The molecule has 0 unspecified atom stereocenters. The number of hydrogen-bond donors (Lipinski definition) is 2. The molecule has 0 aliphatic carbocycles. The van der Waals surface area contributed by atoms with E-state index in [1.54, 1.807) is 32.0 Å². The van der Waals surface area contributed by atoms with Gasteiger partial charge in [-0.2, -0.15) is 13.2 Å². The molecule has 2 aromatic rings. The van der Waals surface area contributed by atoms with E-state index in [1.165, 1.54) is 19.1 Å². The largest absolute Gasteiger partial charge is 0.484 e. The number of amides is 2. The van der Waals surface area contributed by atoms with Crippen LogP contribution >= 0.6 is 0 Å². The lowest BCUT2D eigenvalue weighted by Crippen LogP contribution is -2.23. The number of hydrogen-bond acceptors (Lipinski definition) is 4. The van der Waals surface area contributed by atoms with Gasteiger partial charge in [0.05, 0.1) is 0 Å². The first kappa shape index (κ1) is 21.2. The van der Waals surface area contributed by atoms with Crippen molar-refractivity contribution < 1.29 is 27.5 Å². The maximum absolute atomic E-state index is 12.4. The van der Waals surface area contributed by atoms with E-state index in [2.05, 4.69) is 15.6 Å². The van der Waals surface area contributed by atoms with Crippen LogP contribution in [0.15, 0.2) is 30.3 Å². The summed E-state index contributed by atoms with van der Waals surface area (Å²) in [6, 6.07) is 7.71. The van der Waals surface area contributed by atoms with Gasteiger partial charge in [-0.3, -0.25) is 9.59 Å². The fourth-order valence-electron chi connectivity index (χ4n) is 2.47. The van der Waals surface area contributed by atoms with Gasteiger partial charge in [0, 0.05) is 24.7 Å². The van der Waals surface area contributed by atoms with Crippen molar-refractivity contribution in [3.8, 4) is 5.75 Å². The summed E-state index contributed by atoms with van der Waals surface area (Å²) in [5.74, 6) is -0.253. The molecule has 28 heavy (non-hydrogen) atoms. The summed E-state index contributed by atoms with van der Waals surface area (Å²) in [5.41, 5.74) is 2.14. The third-order valence-electron chi connectivity index (χ3n) is 3.60. The summed E-state index contributed by atoms with van der Waals surface area (Å²) in [5, 5.41) is 5.25. The molecular weight excluding hydrogens is 375 g/mol. The van der Waals surface area contributed by atoms with Crippen LogP contribution in [0.1, 0.15) is 34.1 Å². The van der Waals surface area contributed by atoms with Crippen LogP contribution in [0.3, 0.4) is 0 Å². The molecule has 0 fully saturated rings. The van der Waals surface area contributed by atoms with Gasteiger partial charge < -0.3 is 15.4 Å². The monoisotopic (exact) mass is 395 g/mol. The summed E-state index contributed by atoms with van der Waals surface area (Å²) in [6.45, 7) is 3.49. The lowest BCUT2D eigenvalue weighted by Gasteiger charge is -2.13. The van der Waals surface area contributed by atoms with Gasteiger partial charge in [-0.05, 0) is 43.2 Å². The van der Waals surface area contributed by atoms with Crippen LogP contribution in [0, 0.1) is 13.8 Å². The Labute approximate surface area is 160 Å². The molecule has 2 amide bonds. The number of nitrogens with zero attached hydrogens (tertiary/aromatic N) is 1. The smallest absolute Gasteiger partial charge is 0.422 e. The Morgan fingerprint density at radius 3 is 2.46 bits per heavy atom. The fourth-order valence-corrected chi connectivity index (χ4v) is 2.47. The van der Waals surface area contributed by atoms with E-state index in [9.17, 15) is 22.8 Å². The molecule has 0 saturated heterocycles. The zero-order valence-electron chi connectivity index (χ0n) is 15.6. The predicted octanol–water partition coefficient (Wildman–Crippen LogP) is 3.53. The average Bonchev–Trinajstić information content (AvgIpc) is 2.56. The van der Waals surface area contributed by atoms with Crippen molar-refractivity contribution >= 4 is 17.6 Å². The topological polar surface area (TPSA) is 80.3 Å². The second kappa shape index (κ2) is 8.73. The molecule has 0 saturated carbocycles. The number of aromatic nitrogens is 1. The molecule has 2 N–H and O–H groups in total. The van der Waals surface area contributed by atoms with Crippen LogP contribution in [0.25, 0.3) is 0 Å². The number of benzene rings is 1. The number of nitrogens with one attached hydrogen (secondary N) is 2. The van der Waals surface area contributed by atoms with Gasteiger partial charge in [0.25, 0.3) is 5.91 Å². The van der Waals surface area contributed by atoms with Gasteiger partial charge >= 0.3 is 6.18 Å². The molecule has 1 heterocycles. The number of alkyl halides is 3. The Morgan fingerprint density at radius 1 is 1.14 bits per heavy atom. The summed E-state index contributed by atoms with van der Waals surface area (Å²) >= 11 is 0. The lowest BCUT2D eigenvalue weighted by atomic mass is 10.1. The number of rotatable bonds is 6. The minimum atomic E-state index is -4.40. The normalized spacial score (nSPS) is 11.1. The van der Waals surface area contributed by atoms with E-state index in [4.69, 9.17) is 4.74 Å². The lowest BCUT2D eigenvalue weighted by molar-refractivity contribution is -0.153. The SMILES string of the molecule is CC(=O)Nc1cc(C(=O)NCc2ccc(OCC(F)(F)F)c(C)c2)cc(C)n1. The molecule has 0 spiro atoms. The minimum absolute atomic E-state index is 0.136. The molecular formula is C19H20F3N3O3. The molecule has 0 radical (unpaired) electrons. The van der Waals surface area contributed by atoms with E-state index >= 15 is 0 Å². The fraction of sp³-hybridized carbons (Fsp3) is 0.316. The van der Waals surface area contributed by atoms with Gasteiger partial charge in [0.15, 0.2) is 6.61 Å². The summed E-state index contributed by atoms with van der Waals surface area (Å²) in [4.78, 5) is 27.6. The Bertz CT molecular complexity index is 882. The highest BCUT2D eigenvalue weighted by atomic mass is 19.4. The van der Waals surface area contributed by atoms with Crippen LogP contribution in [-0.4, -0.2) is 29.6 Å². The second-order valence-electron chi connectivity index (χ2n) is 6.25. The molecule has 0 atom stereocenters. The second-order valence-corrected chi connectivity index (χ2v) is 6.25. The Balaban J connectivity index is 2.02. The number of aryl methyl sites for hydroxylation is 2. The summed E-state index contributed by atoms with van der Waals surface area (Å²) in [6.07, 6.45) is -4.40. The van der Waals surface area contributed by atoms with Crippen molar-refractivity contribution in [3.63, 3.8) is 0 Å². The highest BCUT2D eigenvalue weighted by Crippen LogP contribution is 2.23. The van der Waals surface area contributed by atoms with Crippen LogP contribution < -0.4 is 15.4 Å². The standard InChI is InChI=1S/C19H20F3N3O3/c1-11-6-14(4-5-16(11)28-10-19(20,21)22)9-23-18(27)15-7-12(2)24-17(8-15)25-13(3)26/h4-8H,9-10H2,1-3H3,(H,23,27)(H,24,25,26). The summed E-state index contributed by atoms with van der Waals surface area (Å²) in [7, 11) is 0. The van der Waals surface area contributed by atoms with Crippen molar-refractivity contribution in [1.82, 2.24) is 10.3 Å². The third kappa shape index (κ3) is 6.57. The van der Waals surface area contributed by atoms with E-state index in [0.717, 1.165) is 0 Å². The van der Waals surface area contributed by atoms with Gasteiger partial charge in [0.2, 0.25) is 5.91 Å². The van der Waals surface area contributed by atoms with Gasteiger partial charge in [-0.1, -0.05) is 12.1 Å². The first-order valence-corrected chi connectivity index (χ1v) is 8.37. The number of halogens is 3. The maximum Gasteiger partial charge on any atom is 0.422 e. The molecule has 1 aromatic heterocycles. The number of carbonyl (C=O) groups is 2. The van der Waals surface area contributed by atoms with Crippen molar-refractivity contribution in [2.24, 2.45) is 0 Å². The summed E-state index contributed by atoms with van der Waals surface area (Å²) < 4.78 is 41.5. The van der Waals surface area contributed by atoms with Crippen LogP contribution in [0.5, 0.6) is 5.75 Å². The predicted molar refractivity (Wildman–Crippen MR) is 97.2 cm³/mol. The number of ether oxygens (including phenoxy) is 1. The van der Waals surface area contributed by atoms with Gasteiger partial charge in [0.1, 0.15) is 11.6 Å².